The van der Waals surface area contributed by atoms with Crippen molar-refractivity contribution in [2.45, 2.75) is 39.2 Å². The van der Waals surface area contributed by atoms with Crippen LogP contribution in [0.5, 0.6) is 0 Å². The predicted octanol–water partition coefficient (Wildman–Crippen LogP) is 1.90. The third kappa shape index (κ3) is 3.83. The molecule has 0 aliphatic carbocycles. The van der Waals surface area contributed by atoms with Gasteiger partial charge in [0.05, 0.1) is 6.20 Å². The number of rotatable bonds is 4. The highest BCUT2D eigenvalue weighted by atomic mass is 15.3. The summed E-state index contributed by atoms with van der Waals surface area (Å²) in [7, 11) is 0. The van der Waals surface area contributed by atoms with Crippen molar-refractivity contribution >= 4 is 0 Å². The van der Waals surface area contributed by atoms with Gasteiger partial charge in [0, 0.05) is 19.3 Å². The first kappa shape index (κ1) is 14.1. The van der Waals surface area contributed by atoms with Crippen LogP contribution in [0.2, 0.25) is 0 Å². The fraction of sp³-hybridized carbons (Fsp3) is 0.812. The van der Waals surface area contributed by atoms with E-state index in [9.17, 15) is 0 Å². The molecule has 0 radical (unpaired) electrons. The van der Waals surface area contributed by atoms with Crippen molar-refractivity contribution < 1.29 is 0 Å². The van der Waals surface area contributed by atoms with Gasteiger partial charge in [-0.3, -0.25) is 4.68 Å². The van der Waals surface area contributed by atoms with Crippen molar-refractivity contribution in [3.8, 4) is 0 Å². The molecule has 3 heterocycles. The van der Waals surface area contributed by atoms with E-state index in [1.54, 1.807) is 0 Å². The predicted molar refractivity (Wildman–Crippen MR) is 81.7 cm³/mol. The molecule has 0 saturated carbocycles. The summed E-state index contributed by atoms with van der Waals surface area (Å²) in [6.07, 6.45) is 9.54. The summed E-state index contributed by atoms with van der Waals surface area (Å²) >= 11 is 0. The Balaban J connectivity index is 1.40. The van der Waals surface area contributed by atoms with E-state index in [-0.39, 0.29) is 0 Å². The van der Waals surface area contributed by atoms with E-state index in [0.29, 0.717) is 0 Å². The largest absolute Gasteiger partial charge is 0.317 e. The molecule has 0 atom stereocenters. The van der Waals surface area contributed by atoms with Crippen LogP contribution in [0.3, 0.4) is 0 Å². The second-order valence-electron chi connectivity index (χ2n) is 6.68. The molecule has 1 aromatic heterocycles. The van der Waals surface area contributed by atoms with Crippen molar-refractivity contribution in [1.82, 2.24) is 20.0 Å². The minimum Gasteiger partial charge on any atom is -0.317 e. The molecule has 0 bridgehead atoms. The number of hydrogen-bond donors (Lipinski definition) is 1. The van der Waals surface area contributed by atoms with Gasteiger partial charge < -0.3 is 10.2 Å². The lowest BCUT2D eigenvalue weighted by Gasteiger charge is -2.35. The van der Waals surface area contributed by atoms with Crippen LogP contribution >= 0.6 is 0 Å². The Labute approximate surface area is 122 Å². The maximum Gasteiger partial charge on any atom is 0.0518 e. The fourth-order valence-electron chi connectivity index (χ4n) is 3.61. The van der Waals surface area contributed by atoms with Crippen LogP contribution in [0, 0.1) is 18.8 Å². The molecule has 2 aliphatic rings. The SMILES string of the molecule is Cc1cnn(CC2CCN(CC3CCNCC3)CC2)c1. The molecule has 4 nitrogen and oxygen atoms in total. The van der Waals surface area contributed by atoms with E-state index in [2.05, 4.69) is 33.1 Å². The Morgan fingerprint density at radius 3 is 2.45 bits per heavy atom. The molecule has 1 N–H and O–H groups in total. The average Bonchev–Trinajstić information content (AvgIpc) is 2.88. The summed E-state index contributed by atoms with van der Waals surface area (Å²) in [4.78, 5) is 2.70. The first-order chi connectivity index (χ1) is 9.79. The summed E-state index contributed by atoms with van der Waals surface area (Å²) in [6.45, 7) is 9.57. The van der Waals surface area contributed by atoms with Crippen molar-refractivity contribution in [3.05, 3.63) is 18.0 Å². The van der Waals surface area contributed by atoms with Crippen molar-refractivity contribution in [2.75, 3.05) is 32.7 Å². The Bertz CT molecular complexity index is 400. The van der Waals surface area contributed by atoms with E-state index in [0.717, 1.165) is 18.4 Å². The van der Waals surface area contributed by atoms with Crippen LogP contribution in [0.1, 0.15) is 31.2 Å². The molecule has 2 aliphatic heterocycles. The Morgan fingerprint density at radius 2 is 1.80 bits per heavy atom. The zero-order valence-corrected chi connectivity index (χ0v) is 12.7. The molecule has 20 heavy (non-hydrogen) atoms. The number of hydrogen-bond acceptors (Lipinski definition) is 3. The van der Waals surface area contributed by atoms with Crippen LogP contribution < -0.4 is 5.32 Å². The summed E-state index contributed by atoms with van der Waals surface area (Å²) in [6, 6.07) is 0. The molecule has 0 amide bonds. The standard InChI is InChI=1S/C16H28N4/c1-14-10-18-20(11-14)13-16-4-8-19(9-5-16)12-15-2-6-17-7-3-15/h10-11,15-17H,2-9,12-13H2,1H3. The normalized spacial score (nSPS) is 23.2. The van der Waals surface area contributed by atoms with Gasteiger partial charge in [-0.2, -0.15) is 5.10 Å². The molecule has 0 aromatic carbocycles. The number of likely N-dealkylation sites (tertiary alicyclic amines) is 1. The van der Waals surface area contributed by atoms with Crippen LogP contribution in [0.4, 0.5) is 0 Å². The van der Waals surface area contributed by atoms with Crippen molar-refractivity contribution in [3.63, 3.8) is 0 Å². The zero-order chi connectivity index (χ0) is 13.8. The molecule has 3 rings (SSSR count). The van der Waals surface area contributed by atoms with Crippen molar-refractivity contribution in [1.29, 1.82) is 0 Å². The molecular weight excluding hydrogens is 248 g/mol. The van der Waals surface area contributed by atoms with Crippen LogP contribution in [-0.4, -0.2) is 47.4 Å². The van der Waals surface area contributed by atoms with Gasteiger partial charge in [-0.15, -0.1) is 0 Å². The molecule has 0 spiro atoms. The zero-order valence-electron chi connectivity index (χ0n) is 12.7. The van der Waals surface area contributed by atoms with Crippen molar-refractivity contribution in [2.24, 2.45) is 11.8 Å². The number of nitrogens with one attached hydrogen (secondary N) is 1. The van der Waals surface area contributed by atoms with E-state index >= 15 is 0 Å². The third-order valence-corrected chi connectivity index (χ3v) is 4.89. The first-order valence-corrected chi connectivity index (χ1v) is 8.22. The smallest absolute Gasteiger partial charge is 0.0518 e. The van der Waals surface area contributed by atoms with Gasteiger partial charge in [0.2, 0.25) is 0 Å². The fourth-order valence-corrected chi connectivity index (χ4v) is 3.61. The minimum atomic E-state index is 0.818. The van der Waals surface area contributed by atoms with Gasteiger partial charge in [-0.05, 0) is 76.2 Å². The second kappa shape index (κ2) is 6.72. The highest BCUT2D eigenvalue weighted by Gasteiger charge is 2.22. The van der Waals surface area contributed by atoms with E-state index < -0.39 is 0 Å². The van der Waals surface area contributed by atoms with Crippen LogP contribution in [0.15, 0.2) is 12.4 Å². The number of nitrogens with zero attached hydrogens (tertiary/aromatic N) is 3. The molecule has 1 aromatic rings. The lowest BCUT2D eigenvalue weighted by Crippen LogP contribution is -2.40. The number of aromatic nitrogens is 2. The summed E-state index contributed by atoms with van der Waals surface area (Å²) < 4.78 is 2.13. The lowest BCUT2D eigenvalue weighted by molar-refractivity contribution is 0.140. The Hall–Kier alpha value is -0.870. The quantitative estimate of drug-likeness (QED) is 0.912. The minimum absolute atomic E-state index is 0.818. The highest BCUT2D eigenvalue weighted by Crippen LogP contribution is 2.22. The van der Waals surface area contributed by atoms with Crippen LogP contribution in [-0.2, 0) is 6.54 Å². The summed E-state index contributed by atoms with van der Waals surface area (Å²) in [5.41, 5.74) is 1.27. The second-order valence-corrected chi connectivity index (χ2v) is 6.68. The maximum absolute atomic E-state index is 4.42. The van der Waals surface area contributed by atoms with Gasteiger partial charge in [0.15, 0.2) is 0 Å². The van der Waals surface area contributed by atoms with E-state index in [4.69, 9.17) is 0 Å². The van der Waals surface area contributed by atoms with Gasteiger partial charge in [0.1, 0.15) is 0 Å². The molecule has 0 unspecified atom stereocenters. The van der Waals surface area contributed by atoms with Gasteiger partial charge in [-0.1, -0.05) is 0 Å². The average molecular weight is 276 g/mol. The van der Waals surface area contributed by atoms with E-state index in [1.165, 1.54) is 64.0 Å². The molecule has 4 heteroatoms. The molecule has 2 fully saturated rings. The van der Waals surface area contributed by atoms with Crippen LogP contribution in [0.25, 0.3) is 0 Å². The highest BCUT2D eigenvalue weighted by molar-refractivity contribution is 4.99. The van der Waals surface area contributed by atoms with Gasteiger partial charge in [-0.25, -0.2) is 0 Å². The summed E-state index contributed by atoms with van der Waals surface area (Å²) in [5.74, 6) is 1.75. The first-order valence-electron chi connectivity index (χ1n) is 8.22. The molecular formula is C16H28N4. The topological polar surface area (TPSA) is 33.1 Å². The van der Waals surface area contributed by atoms with E-state index in [1.807, 2.05) is 6.20 Å². The molecule has 2 saturated heterocycles. The van der Waals surface area contributed by atoms with Gasteiger partial charge in [0.25, 0.3) is 0 Å². The summed E-state index contributed by atoms with van der Waals surface area (Å²) in [5, 5.41) is 7.88. The number of piperidine rings is 2. The Morgan fingerprint density at radius 1 is 1.10 bits per heavy atom. The maximum atomic E-state index is 4.42. The monoisotopic (exact) mass is 276 g/mol. The molecule has 112 valence electrons. The Kier molecular flexibility index (Phi) is 4.73. The number of aryl methyl sites for hydroxylation is 1. The third-order valence-electron chi connectivity index (χ3n) is 4.89. The van der Waals surface area contributed by atoms with Gasteiger partial charge >= 0.3 is 0 Å². The lowest BCUT2D eigenvalue weighted by atomic mass is 9.93.